The first kappa shape index (κ1) is 15.3. The number of hydrogen-bond donors (Lipinski definition) is 1. The molecule has 1 aliphatic rings. The fourth-order valence-corrected chi connectivity index (χ4v) is 3.58. The number of rotatable bonds is 7. The van der Waals surface area contributed by atoms with Crippen LogP contribution in [-0.2, 0) is 4.74 Å². The molecule has 0 aliphatic carbocycles. The first-order valence-corrected chi connectivity index (χ1v) is 8.16. The summed E-state index contributed by atoms with van der Waals surface area (Å²) < 4.78 is 6.11. The third kappa shape index (κ3) is 4.43. The molecule has 2 heterocycles. The molecule has 5 heteroatoms. The molecule has 2 rings (SSSR count). The first-order valence-electron chi connectivity index (χ1n) is 6.91. The topological polar surface area (TPSA) is 24.5 Å². The SMILES string of the molecule is COCCN(CC1CCCN1)C(C)c1csc(Cl)c1. The Kier molecular flexibility index (Phi) is 6.10. The Morgan fingerprint density at radius 3 is 3.05 bits per heavy atom. The van der Waals surface area contributed by atoms with E-state index in [1.807, 2.05) is 0 Å². The number of nitrogens with one attached hydrogen (secondary N) is 1. The number of halogens is 1. The van der Waals surface area contributed by atoms with E-state index in [0.717, 1.165) is 30.6 Å². The van der Waals surface area contributed by atoms with E-state index < -0.39 is 0 Å². The Morgan fingerprint density at radius 2 is 2.47 bits per heavy atom. The fraction of sp³-hybridized carbons (Fsp3) is 0.714. The van der Waals surface area contributed by atoms with Gasteiger partial charge in [0.25, 0.3) is 0 Å². The van der Waals surface area contributed by atoms with Gasteiger partial charge in [0.15, 0.2) is 0 Å². The maximum absolute atomic E-state index is 6.05. The van der Waals surface area contributed by atoms with E-state index in [0.29, 0.717) is 12.1 Å². The number of methoxy groups -OCH3 is 1. The highest BCUT2D eigenvalue weighted by Gasteiger charge is 2.22. The Hall–Kier alpha value is -0.130. The molecule has 1 aliphatic heterocycles. The quantitative estimate of drug-likeness (QED) is 0.837. The zero-order valence-electron chi connectivity index (χ0n) is 11.7. The van der Waals surface area contributed by atoms with Crippen molar-refractivity contribution in [1.82, 2.24) is 10.2 Å². The predicted octanol–water partition coefficient (Wildman–Crippen LogP) is 3.16. The molecule has 0 radical (unpaired) electrons. The Bertz CT molecular complexity index is 379. The molecule has 0 aromatic carbocycles. The molecule has 2 unspecified atom stereocenters. The predicted molar refractivity (Wildman–Crippen MR) is 82.2 cm³/mol. The Balaban J connectivity index is 1.98. The molecule has 1 aromatic rings. The third-order valence-electron chi connectivity index (χ3n) is 3.82. The van der Waals surface area contributed by atoms with Crippen molar-refractivity contribution < 1.29 is 4.74 Å². The van der Waals surface area contributed by atoms with Gasteiger partial charge in [0.1, 0.15) is 0 Å². The highest BCUT2D eigenvalue weighted by molar-refractivity contribution is 7.14. The van der Waals surface area contributed by atoms with Gasteiger partial charge in [0.2, 0.25) is 0 Å². The lowest BCUT2D eigenvalue weighted by atomic mass is 10.1. The Morgan fingerprint density at radius 1 is 1.63 bits per heavy atom. The van der Waals surface area contributed by atoms with Crippen molar-refractivity contribution in [2.24, 2.45) is 0 Å². The van der Waals surface area contributed by atoms with Crippen molar-refractivity contribution >= 4 is 22.9 Å². The maximum atomic E-state index is 6.05. The van der Waals surface area contributed by atoms with Crippen molar-refractivity contribution in [2.75, 3.05) is 33.4 Å². The molecule has 1 N–H and O–H groups in total. The summed E-state index contributed by atoms with van der Waals surface area (Å²) >= 11 is 7.66. The van der Waals surface area contributed by atoms with Gasteiger partial charge in [-0.3, -0.25) is 4.90 Å². The van der Waals surface area contributed by atoms with E-state index in [-0.39, 0.29) is 0 Å². The van der Waals surface area contributed by atoms with E-state index in [1.165, 1.54) is 18.4 Å². The van der Waals surface area contributed by atoms with Gasteiger partial charge in [-0.25, -0.2) is 0 Å². The van der Waals surface area contributed by atoms with E-state index in [4.69, 9.17) is 16.3 Å². The first-order chi connectivity index (χ1) is 9.20. The molecule has 1 aromatic heterocycles. The van der Waals surface area contributed by atoms with E-state index >= 15 is 0 Å². The van der Waals surface area contributed by atoms with Crippen LogP contribution in [0.15, 0.2) is 11.4 Å². The lowest BCUT2D eigenvalue weighted by Gasteiger charge is -2.31. The summed E-state index contributed by atoms with van der Waals surface area (Å²) in [5.41, 5.74) is 1.31. The zero-order chi connectivity index (χ0) is 13.7. The van der Waals surface area contributed by atoms with Crippen LogP contribution >= 0.6 is 22.9 Å². The number of hydrogen-bond acceptors (Lipinski definition) is 4. The summed E-state index contributed by atoms with van der Waals surface area (Å²) in [4.78, 5) is 2.49. The van der Waals surface area contributed by atoms with Gasteiger partial charge >= 0.3 is 0 Å². The Labute approximate surface area is 124 Å². The number of nitrogens with zero attached hydrogens (tertiary/aromatic N) is 1. The fourth-order valence-electron chi connectivity index (χ4n) is 2.60. The van der Waals surface area contributed by atoms with Crippen LogP contribution in [0.2, 0.25) is 4.34 Å². The lowest BCUT2D eigenvalue weighted by molar-refractivity contribution is 0.118. The van der Waals surface area contributed by atoms with Crippen molar-refractivity contribution in [3.8, 4) is 0 Å². The van der Waals surface area contributed by atoms with Gasteiger partial charge in [0, 0.05) is 32.3 Å². The van der Waals surface area contributed by atoms with Crippen LogP contribution in [-0.4, -0.2) is 44.3 Å². The van der Waals surface area contributed by atoms with Crippen molar-refractivity contribution in [3.63, 3.8) is 0 Å². The normalized spacial score (nSPS) is 21.2. The molecule has 3 nitrogen and oxygen atoms in total. The number of thiophene rings is 1. The molecule has 0 amide bonds. The largest absolute Gasteiger partial charge is 0.383 e. The zero-order valence-corrected chi connectivity index (χ0v) is 13.3. The molecule has 1 saturated heterocycles. The second-order valence-corrected chi connectivity index (χ2v) is 6.68. The molecule has 2 atom stereocenters. The van der Waals surface area contributed by atoms with Crippen LogP contribution < -0.4 is 5.32 Å². The molecule has 0 bridgehead atoms. The molecule has 0 saturated carbocycles. The molecule has 19 heavy (non-hydrogen) atoms. The minimum Gasteiger partial charge on any atom is -0.383 e. The second-order valence-electron chi connectivity index (χ2n) is 5.14. The summed E-state index contributed by atoms with van der Waals surface area (Å²) in [6.07, 6.45) is 2.57. The van der Waals surface area contributed by atoms with Crippen LogP contribution in [0.5, 0.6) is 0 Å². The second kappa shape index (κ2) is 7.60. The monoisotopic (exact) mass is 302 g/mol. The molecule has 0 spiro atoms. The minimum absolute atomic E-state index is 0.390. The van der Waals surface area contributed by atoms with Crippen LogP contribution in [0.25, 0.3) is 0 Å². The summed E-state index contributed by atoms with van der Waals surface area (Å²) in [7, 11) is 1.76. The van der Waals surface area contributed by atoms with Gasteiger partial charge < -0.3 is 10.1 Å². The van der Waals surface area contributed by atoms with Gasteiger partial charge in [-0.05, 0) is 43.3 Å². The minimum atomic E-state index is 0.390. The molecule has 1 fully saturated rings. The average molecular weight is 303 g/mol. The van der Waals surface area contributed by atoms with Gasteiger partial charge in [-0.2, -0.15) is 0 Å². The van der Waals surface area contributed by atoms with E-state index in [9.17, 15) is 0 Å². The molecular formula is C14H23ClN2OS. The molecule has 108 valence electrons. The van der Waals surface area contributed by atoms with Crippen LogP contribution in [0.3, 0.4) is 0 Å². The van der Waals surface area contributed by atoms with Crippen molar-refractivity contribution in [2.45, 2.75) is 31.8 Å². The highest BCUT2D eigenvalue weighted by Crippen LogP contribution is 2.28. The van der Waals surface area contributed by atoms with Gasteiger partial charge in [-0.1, -0.05) is 11.6 Å². The average Bonchev–Trinajstić information content (AvgIpc) is 3.05. The summed E-state index contributed by atoms with van der Waals surface area (Å²) in [6, 6.07) is 3.09. The van der Waals surface area contributed by atoms with Gasteiger partial charge in [-0.15, -0.1) is 11.3 Å². The third-order valence-corrected chi connectivity index (χ3v) is 4.93. The van der Waals surface area contributed by atoms with E-state index in [1.54, 1.807) is 18.4 Å². The van der Waals surface area contributed by atoms with Crippen LogP contribution in [0, 0.1) is 0 Å². The summed E-state index contributed by atoms with van der Waals surface area (Å²) in [5, 5.41) is 5.73. The van der Waals surface area contributed by atoms with Crippen LogP contribution in [0.4, 0.5) is 0 Å². The summed E-state index contributed by atoms with van der Waals surface area (Å²) in [5.74, 6) is 0. The maximum Gasteiger partial charge on any atom is 0.0931 e. The standard InChI is InChI=1S/C14H23ClN2OS/c1-11(12-8-14(15)19-10-12)17(6-7-18-2)9-13-4-3-5-16-13/h8,10-11,13,16H,3-7,9H2,1-2H3. The molecular weight excluding hydrogens is 280 g/mol. The summed E-state index contributed by atoms with van der Waals surface area (Å²) in [6.45, 7) is 6.22. The van der Waals surface area contributed by atoms with Crippen molar-refractivity contribution in [1.29, 1.82) is 0 Å². The van der Waals surface area contributed by atoms with Gasteiger partial charge in [0.05, 0.1) is 10.9 Å². The smallest absolute Gasteiger partial charge is 0.0931 e. The lowest BCUT2D eigenvalue weighted by Crippen LogP contribution is -2.40. The number of ether oxygens (including phenoxy) is 1. The van der Waals surface area contributed by atoms with Crippen LogP contribution in [0.1, 0.15) is 31.4 Å². The van der Waals surface area contributed by atoms with E-state index in [2.05, 4.69) is 28.6 Å². The highest BCUT2D eigenvalue weighted by atomic mass is 35.5. The van der Waals surface area contributed by atoms with Crippen molar-refractivity contribution in [3.05, 3.63) is 21.3 Å².